The molecular weight excluding hydrogens is 739 g/mol. The second kappa shape index (κ2) is 16.9. The lowest BCUT2D eigenvalue weighted by Gasteiger charge is -2.44. The summed E-state index contributed by atoms with van der Waals surface area (Å²) >= 11 is 13.1. The first-order valence-corrected chi connectivity index (χ1v) is 19.0. The van der Waals surface area contributed by atoms with Crippen LogP contribution in [0.1, 0.15) is 64.9 Å². The van der Waals surface area contributed by atoms with Crippen LogP contribution in [0.15, 0.2) is 85.2 Å². The number of nitrogens with zero attached hydrogens (tertiary/aromatic N) is 2. The standard InChI is InChI=1S/C41H41Cl2F2N3O6/c1-47(38(27-6-3-2-4-7-27)40(50)53-37-23-48-16-14-26(37)15-17-48)30-9-5-8-29(18-30)39(49)52-35(20-31-32(42)21-46-22-33(31)43)28-12-13-34(54-41(44)45)36(19-28)51-24-25-10-11-25/h2-9,12-13,18-19,21-22,25-26,35,37-38,41H,10-11,14-17,20,23-24H2,1H3/p+1/t35-,37-,38?/m0/s1. The van der Waals surface area contributed by atoms with Gasteiger partial charge in [-0.25, -0.2) is 14.6 Å². The van der Waals surface area contributed by atoms with Crippen LogP contribution in [0.5, 0.6) is 11.5 Å². The first-order valence-electron chi connectivity index (χ1n) is 18.2. The number of halogens is 4. The summed E-state index contributed by atoms with van der Waals surface area (Å²) in [6.45, 7) is 0.0831. The SMILES string of the molecule is CN(c1cccc(C(=O)O[C@@H](Cc2c(Cl)c[nH+]cc2Cl)c2ccc(OC(F)F)c(OCC3CC3)c2)c1)C(C(=O)O[C@H]1CN2CCC1CC2)c1ccccc1. The number of H-pyrrole nitrogens is 1. The molecule has 2 bridgehead atoms. The Kier molecular flexibility index (Phi) is 11.9. The van der Waals surface area contributed by atoms with Gasteiger partial charge in [-0.05, 0) is 92.1 Å². The molecule has 13 heteroatoms. The van der Waals surface area contributed by atoms with Crippen molar-refractivity contribution in [2.45, 2.75) is 57.0 Å². The number of hydrogen-bond donors (Lipinski definition) is 0. The van der Waals surface area contributed by atoms with E-state index >= 15 is 0 Å². The number of carbonyl (C=O) groups is 2. The van der Waals surface area contributed by atoms with Crippen LogP contribution >= 0.6 is 23.2 Å². The summed E-state index contributed by atoms with van der Waals surface area (Å²) in [6.07, 6.45) is 6.08. The van der Waals surface area contributed by atoms with Gasteiger partial charge in [0.15, 0.2) is 29.9 Å². The molecule has 3 atom stereocenters. The number of fused-ring (bicyclic) bond motifs is 3. The zero-order valence-corrected chi connectivity index (χ0v) is 31.3. The van der Waals surface area contributed by atoms with Gasteiger partial charge in [0.1, 0.15) is 22.3 Å². The summed E-state index contributed by atoms with van der Waals surface area (Å²) < 4.78 is 49.7. The number of alkyl halides is 2. The summed E-state index contributed by atoms with van der Waals surface area (Å²) in [5.41, 5.74) is 2.55. The van der Waals surface area contributed by atoms with Gasteiger partial charge in [0.05, 0.1) is 12.2 Å². The second-order valence-electron chi connectivity index (χ2n) is 14.2. The van der Waals surface area contributed by atoms with Crippen LogP contribution in [0.4, 0.5) is 14.5 Å². The van der Waals surface area contributed by atoms with Gasteiger partial charge in [0, 0.05) is 31.3 Å². The van der Waals surface area contributed by atoms with Gasteiger partial charge in [-0.15, -0.1) is 0 Å². The average molecular weight is 782 g/mol. The molecule has 1 unspecified atom stereocenters. The summed E-state index contributed by atoms with van der Waals surface area (Å²) in [6, 6.07) is 19.9. The Morgan fingerprint density at radius 1 is 0.907 bits per heavy atom. The van der Waals surface area contributed by atoms with E-state index in [1.807, 2.05) is 36.4 Å². The summed E-state index contributed by atoms with van der Waals surface area (Å²) in [7, 11) is 1.80. The fourth-order valence-corrected chi connectivity index (χ4v) is 7.75. The molecule has 4 heterocycles. The number of hydrogen-bond acceptors (Lipinski definition) is 8. The molecular formula is C41H42Cl2F2N3O6+. The Hall–Kier alpha value is -4.45. The third-order valence-electron chi connectivity index (χ3n) is 10.4. The number of aromatic amines is 1. The van der Waals surface area contributed by atoms with E-state index in [1.165, 1.54) is 6.07 Å². The highest BCUT2D eigenvalue weighted by Gasteiger charge is 2.39. The van der Waals surface area contributed by atoms with E-state index in [0.717, 1.165) is 50.9 Å². The summed E-state index contributed by atoms with van der Waals surface area (Å²) in [4.78, 5) is 35.0. The van der Waals surface area contributed by atoms with Crippen molar-refractivity contribution in [1.82, 2.24) is 4.90 Å². The average Bonchev–Trinajstić information content (AvgIpc) is 4.01. The van der Waals surface area contributed by atoms with E-state index in [-0.39, 0.29) is 35.6 Å². The Morgan fingerprint density at radius 3 is 2.31 bits per heavy atom. The molecule has 1 aliphatic carbocycles. The predicted molar refractivity (Wildman–Crippen MR) is 199 cm³/mol. The largest absolute Gasteiger partial charge is 0.489 e. The van der Waals surface area contributed by atoms with E-state index in [2.05, 4.69) is 9.88 Å². The highest BCUT2D eigenvalue weighted by atomic mass is 35.5. The molecule has 284 valence electrons. The summed E-state index contributed by atoms with van der Waals surface area (Å²) in [5, 5.41) is 0.652. The Labute approximate surface area is 323 Å². The number of pyridine rings is 1. The van der Waals surface area contributed by atoms with E-state index in [4.69, 9.17) is 42.1 Å². The fourth-order valence-electron chi connectivity index (χ4n) is 7.22. The Balaban J connectivity index is 1.16. The van der Waals surface area contributed by atoms with Crippen LogP contribution in [0, 0.1) is 11.8 Å². The molecule has 4 aliphatic rings. The first kappa shape index (κ1) is 37.8. The first-order chi connectivity index (χ1) is 26.1. The number of nitrogens with one attached hydrogen (secondary N) is 1. The lowest BCUT2D eigenvalue weighted by atomic mass is 9.86. The molecule has 0 amide bonds. The molecule has 1 N–H and O–H groups in total. The minimum absolute atomic E-state index is 0.0658. The molecule has 4 fully saturated rings. The number of esters is 2. The van der Waals surface area contributed by atoms with Crippen LogP contribution in [-0.2, 0) is 20.7 Å². The predicted octanol–water partition coefficient (Wildman–Crippen LogP) is 8.15. The van der Waals surface area contributed by atoms with Crippen molar-refractivity contribution < 1.29 is 42.3 Å². The van der Waals surface area contributed by atoms with Crippen LogP contribution in [0.3, 0.4) is 0 Å². The molecule has 4 aromatic rings. The minimum atomic E-state index is -3.06. The van der Waals surface area contributed by atoms with Crippen LogP contribution in [0.25, 0.3) is 0 Å². The molecule has 1 aromatic heterocycles. The number of aromatic nitrogens is 1. The molecule has 3 aromatic carbocycles. The lowest BCUT2D eigenvalue weighted by Crippen LogP contribution is -2.52. The van der Waals surface area contributed by atoms with Crippen molar-refractivity contribution in [2.75, 3.05) is 38.2 Å². The molecule has 8 rings (SSSR count). The second-order valence-corrected chi connectivity index (χ2v) is 15.0. The quantitative estimate of drug-likeness (QED) is 0.112. The van der Waals surface area contributed by atoms with Gasteiger partial charge >= 0.3 is 18.6 Å². The van der Waals surface area contributed by atoms with E-state index in [1.54, 1.807) is 54.7 Å². The van der Waals surface area contributed by atoms with Crippen molar-refractivity contribution in [3.05, 3.63) is 117 Å². The number of anilines is 1. The topological polar surface area (TPSA) is 91.7 Å². The molecule has 3 saturated heterocycles. The fraction of sp³-hybridized carbons (Fsp3) is 0.390. The zero-order chi connectivity index (χ0) is 37.8. The number of likely N-dealkylation sites (N-methyl/N-ethyl adjacent to an activating group) is 1. The smallest absolute Gasteiger partial charge is 0.387 e. The van der Waals surface area contributed by atoms with Gasteiger partial charge in [-0.1, -0.05) is 65.7 Å². The molecule has 3 aliphatic heterocycles. The molecule has 54 heavy (non-hydrogen) atoms. The molecule has 0 radical (unpaired) electrons. The Morgan fingerprint density at radius 2 is 1.65 bits per heavy atom. The maximum absolute atomic E-state index is 14.0. The number of ether oxygens (including phenoxy) is 4. The van der Waals surface area contributed by atoms with Gasteiger partial charge < -0.3 is 23.8 Å². The van der Waals surface area contributed by atoms with Gasteiger partial charge in [-0.3, -0.25) is 4.90 Å². The number of carbonyl (C=O) groups excluding carboxylic acids is 2. The lowest BCUT2D eigenvalue weighted by molar-refractivity contribution is -0.377. The molecule has 0 spiro atoms. The van der Waals surface area contributed by atoms with E-state index in [0.29, 0.717) is 45.3 Å². The highest BCUT2D eigenvalue weighted by molar-refractivity contribution is 6.35. The minimum Gasteiger partial charge on any atom is -0.489 e. The van der Waals surface area contributed by atoms with Gasteiger partial charge in [-0.2, -0.15) is 8.78 Å². The molecule has 1 saturated carbocycles. The van der Waals surface area contributed by atoms with Crippen LogP contribution < -0.4 is 19.4 Å². The van der Waals surface area contributed by atoms with Crippen molar-refractivity contribution in [1.29, 1.82) is 0 Å². The normalized spacial score (nSPS) is 20.2. The maximum atomic E-state index is 14.0. The zero-order valence-electron chi connectivity index (χ0n) is 29.8. The van der Waals surface area contributed by atoms with Crippen molar-refractivity contribution >= 4 is 40.8 Å². The van der Waals surface area contributed by atoms with Gasteiger partial charge in [0.2, 0.25) is 0 Å². The third kappa shape index (κ3) is 9.08. The molecule has 9 nitrogen and oxygen atoms in total. The number of benzene rings is 3. The summed E-state index contributed by atoms with van der Waals surface area (Å²) in [5.74, 6) is -0.346. The highest BCUT2D eigenvalue weighted by Crippen LogP contribution is 2.39. The van der Waals surface area contributed by atoms with Gasteiger partial charge in [0.25, 0.3) is 0 Å². The van der Waals surface area contributed by atoms with Crippen molar-refractivity contribution in [2.24, 2.45) is 11.8 Å². The van der Waals surface area contributed by atoms with Crippen LogP contribution in [-0.4, -0.2) is 62.8 Å². The monoisotopic (exact) mass is 780 g/mol. The Bertz CT molecular complexity index is 1920. The van der Waals surface area contributed by atoms with Crippen LogP contribution in [0.2, 0.25) is 10.0 Å². The van der Waals surface area contributed by atoms with E-state index in [9.17, 15) is 18.4 Å². The van der Waals surface area contributed by atoms with Crippen molar-refractivity contribution in [3.63, 3.8) is 0 Å². The third-order valence-corrected chi connectivity index (χ3v) is 11.1. The number of piperidine rings is 3. The van der Waals surface area contributed by atoms with Crippen molar-refractivity contribution in [3.8, 4) is 11.5 Å². The maximum Gasteiger partial charge on any atom is 0.387 e. The van der Waals surface area contributed by atoms with E-state index < -0.39 is 24.7 Å². The number of rotatable bonds is 15.